The molecule has 0 atom stereocenters. The van der Waals surface area contributed by atoms with Gasteiger partial charge in [0, 0.05) is 22.5 Å². The molecule has 2 aromatic carbocycles. The van der Waals surface area contributed by atoms with E-state index in [0.717, 1.165) is 5.69 Å². The lowest BCUT2D eigenvalue weighted by Crippen LogP contribution is -2.04. The third-order valence-electron chi connectivity index (χ3n) is 2.61. The Bertz CT molecular complexity index is 687. The third kappa shape index (κ3) is 3.47. The molecule has 0 spiro atoms. The van der Waals surface area contributed by atoms with Crippen LogP contribution in [0.2, 0.25) is 5.02 Å². The highest BCUT2D eigenvalue weighted by atomic mass is 35.5. The van der Waals surface area contributed by atoms with Gasteiger partial charge in [0.05, 0.1) is 0 Å². The summed E-state index contributed by atoms with van der Waals surface area (Å²) in [5.74, 6) is -0.363. The molecule has 0 fully saturated rings. The Kier molecular flexibility index (Phi) is 4.54. The van der Waals surface area contributed by atoms with Crippen LogP contribution >= 0.6 is 11.6 Å². The van der Waals surface area contributed by atoms with Gasteiger partial charge in [0.2, 0.25) is 5.78 Å². The number of allylic oxidation sites excluding steroid dienone is 1. The fraction of sp³-hybridized carbons (Fsp3) is 0. The van der Waals surface area contributed by atoms with Gasteiger partial charge in [0.1, 0.15) is 11.6 Å². The summed E-state index contributed by atoms with van der Waals surface area (Å²) in [6, 6.07) is 17.7. The summed E-state index contributed by atoms with van der Waals surface area (Å²) in [6.45, 7) is 0. The quantitative estimate of drug-likeness (QED) is 0.523. The van der Waals surface area contributed by atoms with Crippen LogP contribution < -0.4 is 5.32 Å². The molecule has 20 heavy (non-hydrogen) atoms. The van der Waals surface area contributed by atoms with Crippen LogP contribution in [0.4, 0.5) is 5.69 Å². The number of carbonyl (C=O) groups is 1. The van der Waals surface area contributed by atoms with Crippen LogP contribution in [-0.2, 0) is 0 Å². The first kappa shape index (κ1) is 13.9. The van der Waals surface area contributed by atoms with E-state index in [4.69, 9.17) is 16.9 Å². The zero-order valence-corrected chi connectivity index (χ0v) is 11.3. The standard InChI is InChI=1S/C16H11ClN2O/c17-14-6-4-5-12(9-14)16(20)13(10-18)11-19-15-7-2-1-3-8-15/h1-9,11,19H/b13-11+. The van der Waals surface area contributed by atoms with Crippen molar-refractivity contribution in [3.05, 3.63) is 77.0 Å². The number of rotatable bonds is 4. The van der Waals surface area contributed by atoms with Crippen molar-refractivity contribution in [1.29, 1.82) is 5.26 Å². The van der Waals surface area contributed by atoms with Gasteiger partial charge in [-0.25, -0.2) is 0 Å². The summed E-state index contributed by atoms with van der Waals surface area (Å²) in [6.07, 6.45) is 1.40. The molecule has 1 N–H and O–H groups in total. The number of nitriles is 1. The Morgan fingerprint density at radius 3 is 2.55 bits per heavy atom. The molecule has 4 heteroatoms. The minimum atomic E-state index is -0.363. The molecule has 0 bridgehead atoms. The number of para-hydroxylation sites is 1. The molecular weight excluding hydrogens is 272 g/mol. The SMILES string of the molecule is N#C/C(=C\Nc1ccccc1)C(=O)c1cccc(Cl)c1. The molecule has 0 saturated carbocycles. The van der Waals surface area contributed by atoms with E-state index in [1.807, 2.05) is 36.4 Å². The molecule has 98 valence electrons. The number of nitrogens with one attached hydrogen (secondary N) is 1. The molecule has 0 radical (unpaired) electrons. The van der Waals surface area contributed by atoms with E-state index in [2.05, 4.69) is 5.32 Å². The molecule has 3 nitrogen and oxygen atoms in total. The highest BCUT2D eigenvalue weighted by molar-refractivity contribution is 6.31. The van der Waals surface area contributed by atoms with Crippen molar-refractivity contribution in [3.8, 4) is 6.07 Å². The maximum Gasteiger partial charge on any atom is 0.205 e. The smallest absolute Gasteiger partial charge is 0.205 e. The minimum absolute atomic E-state index is 0.0242. The number of Topliss-reactive ketones (excluding diaryl/α,β-unsaturated/α-hetero) is 1. The minimum Gasteiger partial charge on any atom is -0.360 e. The third-order valence-corrected chi connectivity index (χ3v) is 2.84. The lowest BCUT2D eigenvalue weighted by atomic mass is 10.1. The summed E-state index contributed by atoms with van der Waals surface area (Å²) in [5, 5.41) is 12.5. The van der Waals surface area contributed by atoms with Gasteiger partial charge < -0.3 is 5.32 Å². The summed E-state index contributed by atoms with van der Waals surface area (Å²) >= 11 is 5.84. The Balaban J connectivity index is 2.20. The van der Waals surface area contributed by atoms with Gasteiger partial charge in [-0.3, -0.25) is 4.79 Å². The average molecular weight is 283 g/mol. The summed E-state index contributed by atoms with van der Waals surface area (Å²) in [4.78, 5) is 12.2. The van der Waals surface area contributed by atoms with Crippen molar-refractivity contribution in [1.82, 2.24) is 0 Å². The molecule has 0 heterocycles. The fourth-order valence-electron chi connectivity index (χ4n) is 1.62. The number of hydrogen-bond donors (Lipinski definition) is 1. The molecular formula is C16H11ClN2O. The van der Waals surface area contributed by atoms with Gasteiger partial charge >= 0.3 is 0 Å². The van der Waals surface area contributed by atoms with E-state index in [9.17, 15) is 4.79 Å². The number of anilines is 1. The normalized spacial score (nSPS) is 10.7. The molecule has 0 saturated heterocycles. The highest BCUT2D eigenvalue weighted by Gasteiger charge is 2.12. The second-order valence-corrected chi connectivity index (χ2v) is 4.46. The van der Waals surface area contributed by atoms with Gasteiger partial charge in [0.25, 0.3) is 0 Å². The van der Waals surface area contributed by atoms with Crippen LogP contribution in [0.25, 0.3) is 0 Å². The molecule has 0 unspecified atom stereocenters. The summed E-state index contributed by atoms with van der Waals surface area (Å²) in [7, 11) is 0. The number of halogens is 1. The van der Waals surface area contributed by atoms with Gasteiger partial charge in [-0.05, 0) is 24.3 Å². The van der Waals surface area contributed by atoms with Gasteiger partial charge in [-0.1, -0.05) is 41.9 Å². The van der Waals surface area contributed by atoms with Crippen molar-refractivity contribution in [2.24, 2.45) is 0 Å². The lowest BCUT2D eigenvalue weighted by molar-refractivity contribution is 0.103. The first-order valence-electron chi connectivity index (χ1n) is 5.93. The topological polar surface area (TPSA) is 52.9 Å². The van der Waals surface area contributed by atoms with Gasteiger partial charge in [-0.15, -0.1) is 0 Å². The van der Waals surface area contributed by atoms with E-state index in [-0.39, 0.29) is 11.4 Å². The number of carbonyl (C=O) groups excluding carboxylic acids is 1. The Morgan fingerprint density at radius 1 is 1.15 bits per heavy atom. The van der Waals surface area contributed by atoms with E-state index in [1.54, 1.807) is 18.2 Å². The fourth-order valence-corrected chi connectivity index (χ4v) is 1.81. The van der Waals surface area contributed by atoms with Crippen LogP contribution in [0.1, 0.15) is 10.4 Å². The monoisotopic (exact) mass is 282 g/mol. The van der Waals surface area contributed by atoms with E-state index < -0.39 is 0 Å². The number of hydrogen-bond acceptors (Lipinski definition) is 3. The van der Waals surface area contributed by atoms with Gasteiger partial charge in [0.15, 0.2) is 0 Å². The van der Waals surface area contributed by atoms with Crippen LogP contribution in [0.5, 0.6) is 0 Å². The molecule has 0 aromatic heterocycles. The first-order valence-corrected chi connectivity index (χ1v) is 6.30. The van der Waals surface area contributed by atoms with Crippen molar-refractivity contribution in [2.45, 2.75) is 0 Å². The predicted molar refractivity (Wildman–Crippen MR) is 79.5 cm³/mol. The maximum absolute atomic E-state index is 12.2. The molecule has 0 aliphatic heterocycles. The molecule has 0 aliphatic rings. The number of nitrogens with zero attached hydrogens (tertiary/aromatic N) is 1. The average Bonchev–Trinajstić information content (AvgIpc) is 2.48. The Hall–Kier alpha value is -2.57. The van der Waals surface area contributed by atoms with E-state index in [0.29, 0.717) is 10.6 Å². The van der Waals surface area contributed by atoms with Crippen LogP contribution in [0.3, 0.4) is 0 Å². The molecule has 0 aliphatic carbocycles. The number of benzene rings is 2. The van der Waals surface area contributed by atoms with Crippen molar-refractivity contribution < 1.29 is 4.79 Å². The molecule has 0 amide bonds. The van der Waals surface area contributed by atoms with E-state index >= 15 is 0 Å². The van der Waals surface area contributed by atoms with Crippen molar-refractivity contribution in [3.63, 3.8) is 0 Å². The molecule has 2 rings (SSSR count). The summed E-state index contributed by atoms with van der Waals surface area (Å²) in [5.41, 5.74) is 1.22. The summed E-state index contributed by atoms with van der Waals surface area (Å²) < 4.78 is 0. The van der Waals surface area contributed by atoms with Gasteiger partial charge in [-0.2, -0.15) is 5.26 Å². The van der Waals surface area contributed by atoms with Crippen LogP contribution in [0, 0.1) is 11.3 Å². The second kappa shape index (κ2) is 6.55. The highest BCUT2D eigenvalue weighted by Crippen LogP contribution is 2.15. The van der Waals surface area contributed by atoms with Crippen LogP contribution in [0.15, 0.2) is 66.4 Å². The van der Waals surface area contributed by atoms with Crippen molar-refractivity contribution in [2.75, 3.05) is 5.32 Å². The zero-order chi connectivity index (χ0) is 14.4. The zero-order valence-electron chi connectivity index (χ0n) is 10.5. The van der Waals surface area contributed by atoms with Crippen molar-refractivity contribution >= 4 is 23.1 Å². The van der Waals surface area contributed by atoms with Crippen LogP contribution in [-0.4, -0.2) is 5.78 Å². The maximum atomic E-state index is 12.2. The van der Waals surface area contributed by atoms with E-state index in [1.165, 1.54) is 12.3 Å². The Morgan fingerprint density at radius 2 is 1.90 bits per heavy atom. The Labute approximate surface area is 122 Å². The molecule has 2 aromatic rings. The first-order chi connectivity index (χ1) is 9.70. The predicted octanol–water partition coefficient (Wildman–Crippen LogP) is 4.04. The number of ketones is 1. The lowest BCUT2D eigenvalue weighted by Gasteiger charge is -2.02. The second-order valence-electron chi connectivity index (χ2n) is 4.02. The largest absolute Gasteiger partial charge is 0.360 e.